The van der Waals surface area contributed by atoms with Crippen molar-refractivity contribution in [2.24, 2.45) is 0 Å². The van der Waals surface area contributed by atoms with Crippen molar-refractivity contribution in [3.63, 3.8) is 0 Å². The van der Waals surface area contributed by atoms with Gasteiger partial charge in [-0.15, -0.1) is 0 Å². The Morgan fingerprint density at radius 1 is 1.07 bits per heavy atom. The molecule has 46 heavy (non-hydrogen) atoms. The maximum absolute atomic E-state index is 14.2. The van der Waals surface area contributed by atoms with E-state index in [1.807, 2.05) is 48.5 Å². The average molecular weight is 661 g/mol. The molecule has 238 valence electrons. The van der Waals surface area contributed by atoms with E-state index < -0.39 is 24.9 Å². The first-order chi connectivity index (χ1) is 21.8. The number of ether oxygens (including phenoxy) is 1. The topological polar surface area (TPSA) is 141 Å². The molecular weight excluding hydrogens is 625 g/mol. The minimum atomic E-state index is -2.85. The number of hydrogen-bond acceptors (Lipinski definition) is 8. The van der Waals surface area contributed by atoms with E-state index in [0.717, 1.165) is 34.4 Å². The van der Waals surface area contributed by atoms with Crippen LogP contribution in [0.4, 0.5) is 8.78 Å². The Morgan fingerprint density at radius 2 is 1.78 bits per heavy atom. The molecule has 1 atom stereocenters. The SMILES string of the molecule is CCCc1c(Cc2ccc(-c3ccccc3-c3noc(=O)[nH]3)cc2)c(=O)n([C@H]2CC[C@H](OCC(O)C(F)F)CC2)c2ncnn12.[KH]. The molecule has 0 amide bonds. The molecule has 0 saturated heterocycles. The molecule has 0 radical (unpaired) electrons. The first-order valence-corrected chi connectivity index (χ1v) is 15.1. The van der Waals surface area contributed by atoms with Gasteiger partial charge < -0.3 is 9.84 Å². The fourth-order valence-corrected chi connectivity index (χ4v) is 6.15. The monoisotopic (exact) mass is 660 g/mol. The van der Waals surface area contributed by atoms with E-state index in [1.54, 1.807) is 9.08 Å². The zero-order valence-corrected chi connectivity index (χ0v) is 24.7. The molecule has 1 fully saturated rings. The second kappa shape index (κ2) is 15.4. The van der Waals surface area contributed by atoms with E-state index in [2.05, 4.69) is 27.1 Å². The number of rotatable bonds is 11. The molecular formula is C32H35F2KN6O5. The van der Waals surface area contributed by atoms with Crippen LogP contribution >= 0.6 is 0 Å². The molecule has 11 nitrogen and oxygen atoms in total. The van der Waals surface area contributed by atoms with Crippen molar-refractivity contribution in [2.75, 3.05) is 6.61 Å². The molecule has 3 aromatic heterocycles. The summed E-state index contributed by atoms with van der Waals surface area (Å²) in [6, 6.07) is 15.3. The summed E-state index contributed by atoms with van der Waals surface area (Å²) in [5.41, 5.74) is 4.83. The van der Waals surface area contributed by atoms with Gasteiger partial charge in [0, 0.05) is 23.6 Å². The summed E-state index contributed by atoms with van der Waals surface area (Å²) in [5, 5.41) is 17.7. The molecule has 14 heteroatoms. The third-order valence-electron chi connectivity index (χ3n) is 8.38. The number of nitrogens with zero attached hydrogens (tertiary/aromatic N) is 5. The first-order valence-electron chi connectivity index (χ1n) is 15.1. The number of benzene rings is 2. The van der Waals surface area contributed by atoms with Crippen molar-refractivity contribution >= 4 is 57.2 Å². The van der Waals surface area contributed by atoms with Gasteiger partial charge in [0.25, 0.3) is 12.0 Å². The maximum atomic E-state index is 14.2. The van der Waals surface area contributed by atoms with Crippen LogP contribution in [0, 0.1) is 0 Å². The van der Waals surface area contributed by atoms with Gasteiger partial charge >= 0.3 is 57.1 Å². The van der Waals surface area contributed by atoms with Gasteiger partial charge in [0.2, 0.25) is 5.78 Å². The Bertz CT molecular complexity index is 1880. The number of halogens is 2. The zero-order chi connectivity index (χ0) is 31.5. The quantitative estimate of drug-likeness (QED) is 0.203. The summed E-state index contributed by atoms with van der Waals surface area (Å²) < 4.78 is 39.1. The number of hydrogen-bond donors (Lipinski definition) is 2. The summed E-state index contributed by atoms with van der Waals surface area (Å²) in [6.07, 6.45) is 0.774. The van der Waals surface area contributed by atoms with Gasteiger partial charge in [0.05, 0.1) is 18.4 Å². The number of nitrogens with one attached hydrogen (secondary N) is 1. The number of aliphatic hydroxyl groups is 1. The number of alkyl halides is 2. The zero-order valence-electron chi connectivity index (χ0n) is 24.7. The molecule has 2 N–H and O–H groups in total. The molecule has 5 aromatic rings. The third-order valence-corrected chi connectivity index (χ3v) is 8.38. The van der Waals surface area contributed by atoms with Gasteiger partial charge in [0.15, 0.2) is 5.82 Å². The molecule has 0 spiro atoms. The first kappa shape index (κ1) is 34.5. The van der Waals surface area contributed by atoms with Crippen LogP contribution in [0.1, 0.15) is 61.9 Å². The van der Waals surface area contributed by atoms with Crippen LogP contribution < -0.4 is 11.3 Å². The van der Waals surface area contributed by atoms with Crippen LogP contribution in [0.3, 0.4) is 0 Å². The van der Waals surface area contributed by atoms with Crippen molar-refractivity contribution in [3.8, 4) is 22.5 Å². The molecule has 0 bridgehead atoms. The summed E-state index contributed by atoms with van der Waals surface area (Å²) in [6.45, 7) is 1.64. The number of aliphatic hydroxyl groups excluding tert-OH is 1. The van der Waals surface area contributed by atoms with Gasteiger partial charge in [-0.05, 0) is 48.8 Å². The van der Waals surface area contributed by atoms with E-state index in [9.17, 15) is 23.5 Å². The molecule has 1 unspecified atom stereocenters. The average Bonchev–Trinajstić information content (AvgIpc) is 3.72. The fourth-order valence-electron chi connectivity index (χ4n) is 6.15. The van der Waals surface area contributed by atoms with Gasteiger partial charge in [-0.25, -0.2) is 18.1 Å². The second-order valence-electron chi connectivity index (χ2n) is 11.4. The molecule has 3 heterocycles. The third kappa shape index (κ3) is 7.33. The van der Waals surface area contributed by atoms with Crippen LogP contribution in [-0.2, 0) is 17.6 Å². The van der Waals surface area contributed by atoms with Crippen molar-refractivity contribution in [1.82, 2.24) is 29.3 Å². The van der Waals surface area contributed by atoms with Gasteiger partial charge in [-0.1, -0.05) is 67.0 Å². The van der Waals surface area contributed by atoms with Crippen molar-refractivity contribution in [1.29, 1.82) is 0 Å². The fraction of sp³-hybridized carbons (Fsp3) is 0.406. The minimum absolute atomic E-state index is 0. The summed E-state index contributed by atoms with van der Waals surface area (Å²) in [5.74, 6) is 0.207. The van der Waals surface area contributed by atoms with Crippen molar-refractivity contribution in [2.45, 2.75) is 76.5 Å². The van der Waals surface area contributed by atoms with Crippen molar-refractivity contribution in [3.05, 3.63) is 92.6 Å². The Kier molecular flexibility index (Phi) is 11.5. The predicted molar refractivity (Wildman–Crippen MR) is 168 cm³/mol. The van der Waals surface area contributed by atoms with Crippen LogP contribution in [0.2, 0.25) is 0 Å². The molecule has 6 rings (SSSR count). The Hall–Kier alpha value is -2.85. The van der Waals surface area contributed by atoms with E-state index in [4.69, 9.17) is 9.26 Å². The summed E-state index contributed by atoms with van der Waals surface area (Å²) in [4.78, 5) is 32.8. The van der Waals surface area contributed by atoms with Gasteiger partial charge in [-0.2, -0.15) is 10.1 Å². The number of aromatic nitrogens is 6. The van der Waals surface area contributed by atoms with Crippen LogP contribution in [0.15, 0.2) is 69.0 Å². The van der Waals surface area contributed by atoms with Crippen LogP contribution in [0.25, 0.3) is 28.3 Å². The van der Waals surface area contributed by atoms with Crippen LogP contribution in [-0.4, -0.2) is 111 Å². The van der Waals surface area contributed by atoms with E-state index in [1.165, 1.54) is 6.33 Å². The Balaban J connectivity index is 0.00000417. The molecule has 1 aliphatic rings. The van der Waals surface area contributed by atoms with E-state index in [-0.39, 0.29) is 69.1 Å². The molecule has 1 saturated carbocycles. The summed E-state index contributed by atoms with van der Waals surface area (Å²) >= 11 is 0. The Morgan fingerprint density at radius 3 is 2.43 bits per heavy atom. The van der Waals surface area contributed by atoms with Crippen LogP contribution in [0.5, 0.6) is 0 Å². The molecule has 0 aliphatic heterocycles. The standard InChI is InChI=1S/C32H34F2N6O5.K.H/c1-2-5-26-25(16-19-8-10-20(11-9-19)23-6-3-4-7-24(23)29-37-32(43)45-38-29)30(42)39(31-35-18-36-40(26)31)21-12-14-22(15-13-21)44-17-27(41)28(33)34;;/h3-4,6-11,18,21-22,27-28,41H,2,5,12-17H2,1H3,(H,37,38,43);;/t21-,22-,27?;;. The second-order valence-corrected chi connectivity index (χ2v) is 11.4. The number of fused-ring (bicyclic) bond motifs is 1. The molecule has 2 aromatic carbocycles. The van der Waals surface area contributed by atoms with Gasteiger partial charge in [0.1, 0.15) is 12.4 Å². The number of H-pyrrole nitrogens is 1. The van der Waals surface area contributed by atoms with Crippen molar-refractivity contribution < 1.29 is 23.1 Å². The molecule has 1 aliphatic carbocycles. The number of aryl methyl sites for hydroxylation is 1. The Labute approximate surface area is 305 Å². The number of aromatic amines is 1. The van der Waals surface area contributed by atoms with Gasteiger partial charge in [-0.3, -0.25) is 18.9 Å². The summed E-state index contributed by atoms with van der Waals surface area (Å²) in [7, 11) is 0. The van der Waals surface area contributed by atoms with E-state index in [0.29, 0.717) is 55.7 Å². The normalized spacial score (nSPS) is 17.3. The van der Waals surface area contributed by atoms with E-state index >= 15 is 0 Å². The predicted octanol–water partition coefficient (Wildman–Crippen LogP) is 3.92.